The fourth-order valence-electron chi connectivity index (χ4n) is 3.47. The van der Waals surface area contributed by atoms with Gasteiger partial charge in [-0.15, -0.1) is 0 Å². The molecule has 0 bridgehead atoms. The van der Waals surface area contributed by atoms with Gasteiger partial charge in [-0.2, -0.15) is 0 Å². The number of hydrogen-bond acceptors (Lipinski definition) is 5. The molecule has 3 aromatic rings. The van der Waals surface area contributed by atoms with Gasteiger partial charge in [0.15, 0.2) is 11.5 Å². The lowest BCUT2D eigenvalue weighted by Crippen LogP contribution is -2.29. The third-order valence-corrected chi connectivity index (χ3v) is 5.05. The average molecular weight is 416 g/mol. The molecule has 1 aliphatic rings. The van der Waals surface area contributed by atoms with Gasteiger partial charge in [0.1, 0.15) is 0 Å². The zero-order valence-electron chi connectivity index (χ0n) is 17.0. The van der Waals surface area contributed by atoms with Crippen LogP contribution in [0.2, 0.25) is 0 Å². The summed E-state index contributed by atoms with van der Waals surface area (Å²) in [7, 11) is 3.06. The van der Waals surface area contributed by atoms with Gasteiger partial charge in [-0.05, 0) is 48.0 Å². The van der Waals surface area contributed by atoms with Gasteiger partial charge in [0.05, 0.1) is 31.9 Å². The number of fused-ring (bicyclic) bond motifs is 1. The van der Waals surface area contributed by atoms with E-state index in [0.29, 0.717) is 28.3 Å². The standard InChI is InChI=1S/C24H20N2O5/c1-30-20-11-8-15(12-21(20)31-2)14-26-23(28)18-10-9-17(13-19(18)24(26)29)25-22(27)16-6-4-3-5-7-16/h3-13H,14H2,1-2H3,(H,25,27). The molecule has 4 rings (SSSR count). The Hall–Kier alpha value is -4.13. The maximum Gasteiger partial charge on any atom is 0.261 e. The largest absolute Gasteiger partial charge is 0.493 e. The SMILES string of the molecule is COc1ccc(CN2C(=O)c3ccc(NC(=O)c4ccccc4)cc3C2=O)cc1OC. The highest BCUT2D eigenvalue weighted by Gasteiger charge is 2.35. The van der Waals surface area contributed by atoms with E-state index < -0.39 is 5.91 Å². The van der Waals surface area contributed by atoms with Crippen molar-refractivity contribution in [2.75, 3.05) is 19.5 Å². The summed E-state index contributed by atoms with van der Waals surface area (Å²) in [5, 5.41) is 2.76. The maximum atomic E-state index is 12.9. The summed E-state index contributed by atoms with van der Waals surface area (Å²) in [6.07, 6.45) is 0. The molecule has 0 radical (unpaired) electrons. The number of methoxy groups -OCH3 is 2. The van der Waals surface area contributed by atoms with E-state index >= 15 is 0 Å². The van der Waals surface area contributed by atoms with E-state index in [0.717, 1.165) is 5.56 Å². The molecule has 0 saturated carbocycles. The van der Waals surface area contributed by atoms with Crippen LogP contribution in [0, 0.1) is 0 Å². The van der Waals surface area contributed by atoms with Crippen LogP contribution in [0.4, 0.5) is 5.69 Å². The van der Waals surface area contributed by atoms with Crippen LogP contribution in [-0.4, -0.2) is 36.8 Å². The normalized spacial score (nSPS) is 12.5. The summed E-state index contributed by atoms with van der Waals surface area (Å²) in [5.74, 6) is -0.00393. The number of ether oxygens (including phenoxy) is 2. The monoisotopic (exact) mass is 416 g/mol. The van der Waals surface area contributed by atoms with Gasteiger partial charge in [-0.3, -0.25) is 19.3 Å². The van der Waals surface area contributed by atoms with E-state index in [1.54, 1.807) is 54.6 Å². The summed E-state index contributed by atoms with van der Waals surface area (Å²) in [5.41, 5.74) is 2.24. The Morgan fingerprint density at radius 3 is 2.26 bits per heavy atom. The highest BCUT2D eigenvalue weighted by molar-refractivity contribution is 6.22. The van der Waals surface area contributed by atoms with Crippen molar-refractivity contribution in [3.8, 4) is 11.5 Å². The molecule has 0 aliphatic carbocycles. The predicted molar refractivity (Wildman–Crippen MR) is 115 cm³/mol. The van der Waals surface area contributed by atoms with Gasteiger partial charge in [0.2, 0.25) is 0 Å². The number of amides is 3. The third kappa shape index (κ3) is 3.85. The highest BCUT2D eigenvalue weighted by atomic mass is 16.5. The number of carbonyl (C=O) groups excluding carboxylic acids is 3. The lowest BCUT2D eigenvalue weighted by molar-refractivity contribution is 0.0642. The Labute approximate surface area is 179 Å². The molecular weight excluding hydrogens is 396 g/mol. The van der Waals surface area contributed by atoms with Crippen molar-refractivity contribution in [3.63, 3.8) is 0 Å². The van der Waals surface area contributed by atoms with Crippen molar-refractivity contribution in [2.24, 2.45) is 0 Å². The molecule has 1 N–H and O–H groups in total. The quantitative estimate of drug-likeness (QED) is 0.619. The Bertz CT molecular complexity index is 1170. The summed E-state index contributed by atoms with van der Waals surface area (Å²) < 4.78 is 10.5. The van der Waals surface area contributed by atoms with E-state index in [-0.39, 0.29) is 23.9 Å². The zero-order valence-corrected chi connectivity index (χ0v) is 17.0. The van der Waals surface area contributed by atoms with Crippen LogP contribution in [0.15, 0.2) is 66.7 Å². The van der Waals surface area contributed by atoms with E-state index in [1.807, 2.05) is 6.07 Å². The topological polar surface area (TPSA) is 84.9 Å². The second-order valence-corrected chi connectivity index (χ2v) is 6.97. The van der Waals surface area contributed by atoms with Gasteiger partial charge >= 0.3 is 0 Å². The summed E-state index contributed by atoms with van der Waals surface area (Å²) >= 11 is 0. The minimum atomic E-state index is -0.411. The first-order valence-electron chi connectivity index (χ1n) is 9.59. The Morgan fingerprint density at radius 2 is 1.55 bits per heavy atom. The van der Waals surface area contributed by atoms with Crippen LogP contribution < -0.4 is 14.8 Å². The van der Waals surface area contributed by atoms with Crippen LogP contribution in [0.5, 0.6) is 11.5 Å². The minimum absolute atomic E-state index is 0.0956. The number of benzene rings is 3. The van der Waals surface area contributed by atoms with Gasteiger partial charge in [0, 0.05) is 11.3 Å². The number of nitrogens with one attached hydrogen (secondary N) is 1. The lowest BCUT2D eigenvalue weighted by atomic mass is 10.1. The smallest absolute Gasteiger partial charge is 0.261 e. The van der Waals surface area contributed by atoms with Gasteiger partial charge < -0.3 is 14.8 Å². The van der Waals surface area contributed by atoms with Crippen LogP contribution in [0.25, 0.3) is 0 Å². The van der Waals surface area contributed by atoms with E-state index in [9.17, 15) is 14.4 Å². The number of rotatable bonds is 6. The van der Waals surface area contributed by atoms with Crippen LogP contribution in [0.1, 0.15) is 36.6 Å². The summed E-state index contributed by atoms with van der Waals surface area (Å²) in [6.45, 7) is 0.0956. The molecule has 7 heteroatoms. The van der Waals surface area contributed by atoms with Crippen molar-refractivity contribution in [3.05, 3.63) is 89.0 Å². The second-order valence-electron chi connectivity index (χ2n) is 6.97. The molecule has 156 valence electrons. The number of nitrogens with zero attached hydrogens (tertiary/aromatic N) is 1. The van der Waals surface area contributed by atoms with E-state index in [1.165, 1.54) is 25.2 Å². The van der Waals surface area contributed by atoms with Crippen LogP contribution >= 0.6 is 0 Å². The average Bonchev–Trinajstić information content (AvgIpc) is 3.03. The van der Waals surface area contributed by atoms with Crippen LogP contribution in [-0.2, 0) is 6.54 Å². The van der Waals surface area contributed by atoms with Crippen molar-refractivity contribution >= 4 is 23.4 Å². The Balaban J connectivity index is 1.55. The van der Waals surface area contributed by atoms with E-state index in [2.05, 4.69) is 5.32 Å². The van der Waals surface area contributed by atoms with Crippen molar-refractivity contribution < 1.29 is 23.9 Å². The van der Waals surface area contributed by atoms with E-state index in [4.69, 9.17) is 9.47 Å². The fraction of sp³-hybridized carbons (Fsp3) is 0.125. The highest BCUT2D eigenvalue weighted by Crippen LogP contribution is 2.31. The molecular formula is C24H20N2O5. The molecule has 0 saturated heterocycles. The second kappa shape index (κ2) is 8.31. The molecule has 31 heavy (non-hydrogen) atoms. The molecule has 0 atom stereocenters. The van der Waals surface area contributed by atoms with Gasteiger partial charge in [0.25, 0.3) is 17.7 Å². The zero-order chi connectivity index (χ0) is 22.0. The maximum absolute atomic E-state index is 12.9. The van der Waals surface area contributed by atoms with Crippen molar-refractivity contribution in [1.29, 1.82) is 0 Å². The molecule has 0 fully saturated rings. The summed E-state index contributed by atoms with van der Waals surface area (Å²) in [6, 6.07) is 18.7. The first kappa shape index (κ1) is 20.2. The number of carbonyl (C=O) groups is 3. The minimum Gasteiger partial charge on any atom is -0.493 e. The molecule has 1 heterocycles. The number of hydrogen-bond donors (Lipinski definition) is 1. The molecule has 0 aromatic heterocycles. The van der Waals surface area contributed by atoms with Crippen molar-refractivity contribution in [1.82, 2.24) is 4.90 Å². The van der Waals surface area contributed by atoms with Gasteiger partial charge in [-0.1, -0.05) is 24.3 Å². The van der Waals surface area contributed by atoms with Crippen molar-refractivity contribution in [2.45, 2.75) is 6.54 Å². The Morgan fingerprint density at radius 1 is 0.839 bits per heavy atom. The molecule has 1 aliphatic heterocycles. The fourth-order valence-corrected chi connectivity index (χ4v) is 3.47. The number of anilines is 1. The first-order chi connectivity index (χ1) is 15.0. The lowest BCUT2D eigenvalue weighted by Gasteiger charge is -2.15. The number of imide groups is 1. The van der Waals surface area contributed by atoms with Gasteiger partial charge in [-0.25, -0.2) is 0 Å². The molecule has 0 spiro atoms. The molecule has 3 aromatic carbocycles. The molecule has 7 nitrogen and oxygen atoms in total. The molecule has 3 amide bonds. The first-order valence-corrected chi connectivity index (χ1v) is 9.59. The summed E-state index contributed by atoms with van der Waals surface area (Å²) in [4.78, 5) is 39.3. The predicted octanol–water partition coefficient (Wildman–Crippen LogP) is 3.75. The molecule has 0 unspecified atom stereocenters. The third-order valence-electron chi connectivity index (χ3n) is 5.05. The van der Waals surface area contributed by atoms with Crippen LogP contribution in [0.3, 0.4) is 0 Å². The Kier molecular flexibility index (Phi) is 5.41.